The summed E-state index contributed by atoms with van der Waals surface area (Å²) in [6.07, 6.45) is 0. The number of nitrogens with one attached hydrogen (secondary N) is 1. The molecule has 11 heteroatoms. The fourth-order valence-electron chi connectivity index (χ4n) is 2.87. The second-order valence-corrected chi connectivity index (χ2v) is 9.27. The number of carbonyl (C=O) groups excluding carboxylic acids is 1. The molecule has 1 aliphatic heterocycles. The summed E-state index contributed by atoms with van der Waals surface area (Å²) in [4.78, 5) is 13.1. The highest BCUT2D eigenvalue weighted by Crippen LogP contribution is 2.37. The lowest BCUT2D eigenvalue weighted by molar-refractivity contribution is 0.0937. The summed E-state index contributed by atoms with van der Waals surface area (Å²) >= 11 is 7.03. The average molecular weight is 455 g/mol. The van der Waals surface area contributed by atoms with Gasteiger partial charge in [0.1, 0.15) is 27.1 Å². The van der Waals surface area contributed by atoms with Crippen molar-refractivity contribution < 1.29 is 27.2 Å². The first-order chi connectivity index (χ1) is 13.8. The Bertz CT molecular complexity index is 1200. The van der Waals surface area contributed by atoms with E-state index in [4.69, 9.17) is 25.6 Å². The van der Waals surface area contributed by atoms with Crippen LogP contribution in [0.4, 0.5) is 5.88 Å². The molecular weight excluding hydrogens is 440 g/mol. The number of aromatic nitrogens is 1. The van der Waals surface area contributed by atoms with Gasteiger partial charge in [-0.05, 0) is 24.4 Å². The zero-order valence-corrected chi connectivity index (χ0v) is 17.7. The third-order valence-corrected chi connectivity index (χ3v) is 7.32. The van der Waals surface area contributed by atoms with Crippen LogP contribution in [0, 0.1) is 6.92 Å². The maximum Gasteiger partial charge on any atom is 0.265 e. The molecule has 152 valence electrons. The van der Waals surface area contributed by atoms with Crippen LogP contribution in [0.15, 0.2) is 39.1 Å². The minimum absolute atomic E-state index is 0.0589. The summed E-state index contributed by atoms with van der Waals surface area (Å²) in [5.41, 5.74) is 1.00. The van der Waals surface area contributed by atoms with Gasteiger partial charge in [0.05, 0.1) is 4.88 Å². The van der Waals surface area contributed by atoms with Crippen LogP contribution in [-0.4, -0.2) is 26.2 Å². The maximum absolute atomic E-state index is 13.1. The lowest BCUT2D eigenvalue weighted by Gasteiger charge is -2.21. The predicted octanol–water partition coefficient (Wildman–Crippen LogP) is 4.21. The van der Waals surface area contributed by atoms with Crippen molar-refractivity contribution in [1.82, 2.24) is 5.16 Å². The quantitative estimate of drug-likeness (QED) is 0.555. The van der Waals surface area contributed by atoms with Gasteiger partial charge in [-0.1, -0.05) is 29.7 Å². The Morgan fingerprint density at radius 2 is 2.10 bits per heavy atom. The van der Waals surface area contributed by atoms with E-state index in [0.717, 1.165) is 11.3 Å². The van der Waals surface area contributed by atoms with Gasteiger partial charge in [0.25, 0.3) is 15.9 Å². The molecule has 1 atom stereocenters. The molecule has 4 rings (SSSR count). The molecule has 0 fully saturated rings. The van der Waals surface area contributed by atoms with Crippen molar-refractivity contribution in [2.24, 2.45) is 0 Å². The van der Waals surface area contributed by atoms with Gasteiger partial charge in [0, 0.05) is 17.5 Å². The molecule has 0 saturated carbocycles. The number of thiophene rings is 1. The molecule has 3 heterocycles. The van der Waals surface area contributed by atoms with E-state index in [1.54, 1.807) is 37.4 Å². The first-order valence-corrected chi connectivity index (χ1v) is 11.2. The fourth-order valence-corrected chi connectivity index (χ4v) is 5.51. The standard InChI is InChI=1S/C18H15ClN2O6S2/c1-9(12-4-3-11-7-13(12)26-8-25-11)16(22)17-14(5-6-28-17)29(23,24)21-18-15(19)10(2)20-27-18/h3-7,9,21H,8H2,1-2H3. The Balaban J connectivity index is 1.65. The number of rotatable bonds is 6. The summed E-state index contributed by atoms with van der Waals surface area (Å²) in [6, 6.07) is 6.54. The highest BCUT2D eigenvalue weighted by atomic mass is 35.5. The van der Waals surface area contributed by atoms with E-state index in [2.05, 4.69) is 9.88 Å². The molecule has 1 aromatic carbocycles. The van der Waals surface area contributed by atoms with Crippen LogP contribution >= 0.6 is 22.9 Å². The van der Waals surface area contributed by atoms with Crippen molar-refractivity contribution in [2.75, 3.05) is 11.5 Å². The zero-order chi connectivity index (χ0) is 20.8. The van der Waals surface area contributed by atoms with E-state index in [1.807, 2.05) is 0 Å². The molecular formula is C18H15ClN2O6S2. The van der Waals surface area contributed by atoms with Gasteiger partial charge in [-0.15, -0.1) is 11.3 Å². The topological polar surface area (TPSA) is 108 Å². The number of Topliss-reactive ketones (excluding diaryl/α,β-unsaturated/α-hetero) is 1. The van der Waals surface area contributed by atoms with E-state index >= 15 is 0 Å². The van der Waals surface area contributed by atoms with Gasteiger partial charge < -0.3 is 14.0 Å². The Morgan fingerprint density at radius 3 is 2.83 bits per heavy atom. The van der Waals surface area contributed by atoms with Gasteiger partial charge in [-0.3, -0.25) is 4.79 Å². The number of carbonyl (C=O) groups is 1. The Kier molecular flexibility index (Phi) is 5.01. The number of halogens is 1. The van der Waals surface area contributed by atoms with E-state index in [1.165, 1.54) is 6.07 Å². The maximum atomic E-state index is 13.1. The van der Waals surface area contributed by atoms with Crippen molar-refractivity contribution in [3.8, 4) is 11.5 Å². The van der Waals surface area contributed by atoms with Crippen LogP contribution in [-0.2, 0) is 10.0 Å². The van der Waals surface area contributed by atoms with Crippen LogP contribution in [0.3, 0.4) is 0 Å². The number of benzene rings is 1. The first-order valence-electron chi connectivity index (χ1n) is 8.44. The van der Waals surface area contributed by atoms with Crippen molar-refractivity contribution in [2.45, 2.75) is 24.7 Å². The number of aryl methyl sites for hydroxylation is 1. The molecule has 0 aliphatic carbocycles. The predicted molar refractivity (Wildman–Crippen MR) is 107 cm³/mol. The summed E-state index contributed by atoms with van der Waals surface area (Å²) in [6.45, 7) is 3.35. The van der Waals surface area contributed by atoms with Crippen molar-refractivity contribution in [3.63, 3.8) is 0 Å². The van der Waals surface area contributed by atoms with Gasteiger partial charge in [-0.2, -0.15) is 0 Å². The molecule has 0 radical (unpaired) electrons. The lowest BCUT2D eigenvalue weighted by atomic mass is 9.94. The van der Waals surface area contributed by atoms with Gasteiger partial charge in [0.2, 0.25) is 6.79 Å². The normalized spacial score (nSPS) is 14.0. The summed E-state index contributed by atoms with van der Waals surface area (Å²) < 4.78 is 43.6. The van der Waals surface area contributed by atoms with Crippen LogP contribution in [0.1, 0.15) is 33.8 Å². The fraction of sp³-hybridized carbons (Fsp3) is 0.222. The van der Waals surface area contributed by atoms with Crippen LogP contribution in [0.25, 0.3) is 0 Å². The molecule has 2 aromatic heterocycles. The minimum Gasteiger partial charge on any atom is -0.457 e. The molecule has 2 bridgehead atoms. The van der Waals surface area contributed by atoms with E-state index < -0.39 is 15.9 Å². The third kappa shape index (κ3) is 3.59. The number of ether oxygens (including phenoxy) is 2. The summed E-state index contributed by atoms with van der Waals surface area (Å²) in [7, 11) is -4.11. The minimum atomic E-state index is -4.11. The van der Waals surface area contributed by atoms with Crippen LogP contribution in [0.2, 0.25) is 5.02 Å². The number of ketones is 1. The molecule has 29 heavy (non-hydrogen) atoms. The number of anilines is 1. The molecule has 1 N–H and O–H groups in total. The highest BCUT2D eigenvalue weighted by molar-refractivity contribution is 7.93. The summed E-state index contributed by atoms with van der Waals surface area (Å²) in [5.74, 6) is 0.0190. The second-order valence-electron chi connectivity index (χ2n) is 6.32. The van der Waals surface area contributed by atoms with Crippen LogP contribution in [0.5, 0.6) is 11.5 Å². The number of sulfonamides is 1. The molecule has 3 aromatic rings. The third-order valence-electron chi connectivity index (χ3n) is 4.45. The van der Waals surface area contributed by atoms with Crippen molar-refractivity contribution >= 4 is 44.6 Å². The van der Waals surface area contributed by atoms with Gasteiger partial charge in [-0.25, -0.2) is 13.1 Å². The Labute approximate surface area is 175 Å². The molecule has 1 aliphatic rings. The molecule has 0 saturated heterocycles. The van der Waals surface area contributed by atoms with E-state index in [-0.39, 0.29) is 33.3 Å². The number of nitrogens with zero attached hydrogens (tertiary/aromatic N) is 1. The van der Waals surface area contributed by atoms with Gasteiger partial charge >= 0.3 is 0 Å². The number of hydrogen-bond donors (Lipinski definition) is 1. The number of fused-ring (bicyclic) bond motifs is 2. The Morgan fingerprint density at radius 1 is 1.31 bits per heavy atom. The Hall–Kier alpha value is -2.56. The van der Waals surface area contributed by atoms with Crippen LogP contribution < -0.4 is 14.2 Å². The molecule has 1 unspecified atom stereocenters. The van der Waals surface area contributed by atoms with E-state index in [9.17, 15) is 13.2 Å². The van der Waals surface area contributed by atoms with E-state index in [0.29, 0.717) is 22.8 Å². The first kappa shape index (κ1) is 19.7. The average Bonchev–Trinajstić information content (AvgIpc) is 3.31. The zero-order valence-electron chi connectivity index (χ0n) is 15.3. The molecule has 0 spiro atoms. The smallest absolute Gasteiger partial charge is 0.265 e. The lowest BCUT2D eigenvalue weighted by Crippen LogP contribution is -2.19. The second kappa shape index (κ2) is 7.36. The molecule has 0 amide bonds. The monoisotopic (exact) mass is 454 g/mol. The molecule has 8 nitrogen and oxygen atoms in total. The number of hydrogen-bond acceptors (Lipinski definition) is 8. The highest BCUT2D eigenvalue weighted by Gasteiger charge is 2.31. The van der Waals surface area contributed by atoms with Gasteiger partial charge in [0.15, 0.2) is 5.78 Å². The SMILES string of the molecule is Cc1noc(NS(=O)(=O)c2ccsc2C(=O)C(C)c2ccc3cc2OCO3)c1Cl. The summed E-state index contributed by atoms with van der Waals surface area (Å²) in [5, 5.41) is 5.22. The largest absolute Gasteiger partial charge is 0.457 e. The van der Waals surface area contributed by atoms with Crippen molar-refractivity contribution in [1.29, 1.82) is 0 Å². The van der Waals surface area contributed by atoms with Crippen molar-refractivity contribution in [3.05, 3.63) is 50.8 Å².